The summed E-state index contributed by atoms with van der Waals surface area (Å²) in [5, 5.41) is 22.0. The van der Waals surface area contributed by atoms with Gasteiger partial charge in [-0.05, 0) is 49.4 Å². The normalized spacial score (nSPS) is 10.9. The van der Waals surface area contributed by atoms with Crippen molar-refractivity contribution in [2.24, 2.45) is 0 Å². The van der Waals surface area contributed by atoms with Crippen molar-refractivity contribution in [3.05, 3.63) is 57.0 Å². The number of benzene rings is 2. The first-order chi connectivity index (χ1) is 11.9. The third kappa shape index (κ3) is 4.99. The van der Waals surface area contributed by atoms with Crippen molar-refractivity contribution in [2.45, 2.75) is 6.92 Å². The first-order valence-corrected chi connectivity index (χ1v) is 8.45. The fourth-order valence-corrected chi connectivity index (χ4v) is 2.83. The lowest BCUT2D eigenvalue weighted by Gasteiger charge is -2.07. The van der Waals surface area contributed by atoms with Crippen molar-refractivity contribution in [3.8, 4) is 17.6 Å². The fourth-order valence-electron chi connectivity index (χ4n) is 2.00. The van der Waals surface area contributed by atoms with Crippen LogP contribution in [-0.4, -0.2) is 17.6 Å². The Labute approximate surface area is 158 Å². The van der Waals surface area contributed by atoms with E-state index in [0.29, 0.717) is 22.5 Å². The number of nitrogens with one attached hydrogen (secondary N) is 1. The smallest absolute Gasteiger partial charge is 0.266 e. The summed E-state index contributed by atoms with van der Waals surface area (Å²) in [5.74, 6) is -0.112. The van der Waals surface area contributed by atoms with Gasteiger partial charge in [0.05, 0.1) is 11.6 Å². The molecule has 7 heteroatoms. The number of nitriles is 1. The highest BCUT2D eigenvalue weighted by atomic mass is 79.9. The number of phenols is 1. The SMILES string of the molecule is CCOc1ccc(NC(=O)/C(C#N)=C/c2cc(Br)cc(Cl)c2O)cc1. The average molecular weight is 422 g/mol. The molecule has 0 spiro atoms. The highest BCUT2D eigenvalue weighted by Gasteiger charge is 2.13. The molecule has 25 heavy (non-hydrogen) atoms. The van der Waals surface area contributed by atoms with Gasteiger partial charge in [0.1, 0.15) is 23.1 Å². The van der Waals surface area contributed by atoms with Gasteiger partial charge in [0.2, 0.25) is 0 Å². The van der Waals surface area contributed by atoms with Crippen LogP contribution in [0.4, 0.5) is 5.69 Å². The molecule has 0 atom stereocenters. The number of amides is 1. The van der Waals surface area contributed by atoms with Crippen LogP contribution in [0.2, 0.25) is 5.02 Å². The van der Waals surface area contributed by atoms with Gasteiger partial charge in [-0.1, -0.05) is 27.5 Å². The monoisotopic (exact) mass is 420 g/mol. The predicted molar refractivity (Wildman–Crippen MR) is 101 cm³/mol. The number of phenolic OH excluding ortho intramolecular Hbond substituents is 1. The Hall–Kier alpha value is -2.49. The molecule has 2 N–H and O–H groups in total. The summed E-state index contributed by atoms with van der Waals surface area (Å²) in [6, 6.07) is 11.7. The number of ether oxygens (including phenoxy) is 1. The molecule has 128 valence electrons. The molecular formula is C18H14BrClN2O3. The number of rotatable bonds is 5. The Morgan fingerprint density at radius 2 is 2.08 bits per heavy atom. The molecule has 2 rings (SSSR count). The number of hydrogen-bond acceptors (Lipinski definition) is 4. The van der Waals surface area contributed by atoms with Gasteiger partial charge >= 0.3 is 0 Å². The standard InChI is InChI=1S/C18H14BrClN2O3/c1-2-25-15-5-3-14(4-6-15)22-18(24)12(10-21)7-11-8-13(19)9-16(20)17(11)23/h3-9,23H,2H2,1H3,(H,22,24)/b12-7+. The van der Waals surface area contributed by atoms with E-state index in [0.717, 1.165) is 0 Å². The molecule has 1 amide bonds. The zero-order valence-electron chi connectivity index (χ0n) is 13.2. The molecule has 0 radical (unpaired) electrons. The van der Waals surface area contributed by atoms with Crippen molar-refractivity contribution >= 4 is 45.2 Å². The Morgan fingerprint density at radius 1 is 1.40 bits per heavy atom. The fraction of sp³-hybridized carbons (Fsp3) is 0.111. The number of nitrogens with zero attached hydrogens (tertiary/aromatic N) is 1. The molecule has 0 heterocycles. The number of carbonyl (C=O) groups excluding carboxylic acids is 1. The second kappa shape index (κ2) is 8.56. The van der Waals surface area contributed by atoms with Gasteiger partial charge in [-0.2, -0.15) is 5.26 Å². The first-order valence-electron chi connectivity index (χ1n) is 7.28. The minimum absolute atomic E-state index is 0.116. The third-order valence-electron chi connectivity index (χ3n) is 3.15. The summed E-state index contributed by atoms with van der Waals surface area (Å²) in [5.41, 5.74) is 0.613. The number of halogens is 2. The van der Waals surface area contributed by atoms with E-state index in [1.807, 2.05) is 13.0 Å². The van der Waals surface area contributed by atoms with Crippen LogP contribution in [0.15, 0.2) is 46.4 Å². The van der Waals surface area contributed by atoms with Crippen LogP contribution in [0, 0.1) is 11.3 Å². The number of carbonyl (C=O) groups is 1. The van der Waals surface area contributed by atoms with Gasteiger partial charge in [0.25, 0.3) is 5.91 Å². The molecule has 2 aromatic carbocycles. The maximum atomic E-state index is 12.3. The molecule has 0 fully saturated rings. The van der Waals surface area contributed by atoms with E-state index < -0.39 is 5.91 Å². The van der Waals surface area contributed by atoms with Crippen LogP contribution in [-0.2, 0) is 4.79 Å². The molecule has 0 bridgehead atoms. The van der Waals surface area contributed by atoms with Crippen LogP contribution in [0.5, 0.6) is 11.5 Å². The van der Waals surface area contributed by atoms with E-state index in [2.05, 4.69) is 21.2 Å². The molecule has 0 aliphatic carbocycles. The zero-order chi connectivity index (χ0) is 18.4. The van der Waals surface area contributed by atoms with Gasteiger partial charge in [0, 0.05) is 15.7 Å². The van der Waals surface area contributed by atoms with Gasteiger partial charge in [0.15, 0.2) is 0 Å². The maximum Gasteiger partial charge on any atom is 0.266 e. The van der Waals surface area contributed by atoms with Crippen LogP contribution >= 0.6 is 27.5 Å². The van der Waals surface area contributed by atoms with E-state index >= 15 is 0 Å². The second-order valence-corrected chi connectivity index (χ2v) is 6.23. The highest BCUT2D eigenvalue weighted by Crippen LogP contribution is 2.32. The van der Waals surface area contributed by atoms with Gasteiger partial charge in [-0.15, -0.1) is 0 Å². The highest BCUT2D eigenvalue weighted by molar-refractivity contribution is 9.10. The summed E-state index contributed by atoms with van der Waals surface area (Å²) >= 11 is 9.14. The molecule has 5 nitrogen and oxygen atoms in total. The van der Waals surface area contributed by atoms with E-state index in [4.69, 9.17) is 16.3 Å². The Kier molecular flexibility index (Phi) is 6.45. The van der Waals surface area contributed by atoms with Crippen LogP contribution in [0.1, 0.15) is 12.5 Å². The molecule has 0 aliphatic heterocycles. The van der Waals surface area contributed by atoms with Crippen LogP contribution in [0.25, 0.3) is 6.08 Å². The van der Waals surface area contributed by atoms with Crippen molar-refractivity contribution in [3.63, 3.8) is 0 Å². The van der Waals surface area contributed by atoms with Crippen LogP contribution in [0.3, 0.4) is 0 Å². The Balaban J connectivity index is 2.23. The van der Waals surface area contributed by atoms with Crippen LogP contribution < -0.4 is 10.1 Å². The predicted octanol–water partition coefficient (Wildman–Crippen LogP) is 4.75. The van der Waals surface area contributed by atoms with Gasteiger partial charge in [-0.3, -0.25) is 4.79 Å². The summed E-state index contributed by atoms with van der Waals surface area (Å²) in [4.78, 5) is 12.3. The summed E-state index contributed by atoms with van der Waals surface area (Å²) in [6.07, 6.45) is 1.27. The minimum atomic E-state index is -0.595. The molecule has 0 saturated carbocycles. The van der Waals surface area contributed by atoms with Gasteiger partial charge < -0.3 is 15.2 Å². The molecule has 0 aromatic heterocycles. The topological polar surface area (TPSA) is 82.3 Å². The largest absolute Gasteiger partial charge is 0.506 e. The lowest BCUT2D eigenvalue weighted by Crippen LogP contribution is -2.13. The Bertz CT molecular complexity index is 858. The quantitative estimate of drug-likeness (QED) is 0.539. The molecular weight excluding hydrogens is 408 g/mol. The number of aromatic hydroxyl groups is 1. The number of hydrogen-bond donors (Lipinski definition) is 2. The van der Waals surface area contributed by atoms with Crippen molar-refractivity contribution in [1.82, 2.24) is 0 Å². The van der Waals surface area contributed by atoms with E-state index in [9.17, 15) is 15.2 Å². The maximum absolute atomic E-state index is 12.3. The average Bonchev–Trinajstić information content (AvgIpc) is 2.58. The number of anilines is 1. The zero-order valence-corrected chi connectivity index (χ0v) is 15.6. The second-order valence-electron chi connectivity index (χ2n) is 4.91. The first kappa shape index (κ1) is 18.8. The van der Waals surface area contributed by atoms with Gasteiger partial charge in [-0.25, -0.2) is 0 Å². The van der Waals surface area contributed by atoms with E-state index in [-0.39, 0.29) is 21.9 Å². The molecule has 2 aromatic rings. The summed E-state index contributed by atoms with van der Waals surface area (Å²) in [6.45, 7) is 2.43. The summed E-state index contributed by atoms with van der Waals surface area (Å²) < 4.78 is 5.94. The minimum Gasteiger partial charge on any atom is -0.506 e. The van der Waals surface area contributed by atoms with E-state index in [1.165, 1.54) is 12.1 Å². The molecule has 0 aliphatic rings. The molecule has 0 unspecified atom stereocenters. The Morgan fingerprint density at radius 3 is 2.68 bits per heavy atom. The lowest BCUT2D eigenvalue weighted by atomic mass is 10.1. The van der Waals surface area contributed by atoms with Crippen molar-refractivity contribution < 1.29 is 14.6 Å². The molecule has 0 saturated heterocycles. The van der Waals surface area contributed by atoms with Crippen molar-refractivity contribution in [1.29, 1.82) is 5.26 Å². The van der Waals surface area contributed by atoms with E-state index in [1.54, 1.807) is 30.3 Å². The lowest BCUT2D eigenvalue weighted by molar-refractivity contribution is -0.112. The van der Waals surface area contributed by atoms with Crippen molar-refractivity contribution in [2.75, 3.05) is 11.9 Å². The summed E-state index contributed by atoms with van der Waals surface area (Å²) in [7, 11) is 0. The third-order valence-corrected chi connectivity index (χ3v) is 3.89.